The maximum atomic E-state index is 12.9. The number of benzene rings is 2. The molecule has 1 atom stereocenters. The van der Waals surface area contributed by atoms with Crippen molar-refractivity contribution in [1.82, 2.24) is 0 Å². The molecule has 120 valence electrons. The molecule has 0 unspecified atom stereocenters. The van der Waals surface area contributed by atoms with Crippen LogP contribution in [0.5, 0.6) is 0 Å². The number of anilines is 1. The van der Waals surface area contributed by atoms with Gasteiger partial charge < -0.3 is 10.1 Å². The number of rotatable bonds is 4. The van der Waals surface area contributed by atoms with E-state index in [0.717, 1.165) is 24.3 Å². The zero-order valence-electron chi connectivity index (χ0n) is 12.0. The third-order valence-corrected chi connectivity index (χ3v) is 3.23. The third kappa shape index (κ3) is 4.50. The first kappa shape index (κ1) is 16.9. The zero-order chi connectivity index (χ0) is 17.0. The van der Waals surface area contributed by atoms with Crippen LogP contribution < -0.4 is 5.32 Å². The Hall–Kier alpha value is -2.47. The summed E-state index contributed by atoms with van der Waals surface area (Å²) in [6.07, 6.45) is -1.12. The van der Waals surface area contributed by atoms with Crippen molar-refractivity contribution >= 4 is 29.2 Å². The number of carbonyl (C=O) groups is 2. The first-order valence-electron chi connectivity index (χ1n) is 6.59. The number of hydrogen-bond donors (Lipinski definition) is 1. The predicted molar refractivity (Wildman–Crippen MR) is 81.3 cm³/mol. The molecule has 2 aromatic carbocycles. The molecular formula is C16H12ClF2NO3. The molecule has 2 rings (SSSR count). The molecule has 2 aromatic rings. The molecule has 0 heterocycles. The molecule has 0 spiro atoms. The van der Waals surface area contributed by atoms with Gasteiger partial charge in [0.1, 0.15) is 11.6 Å². The standard InChI is InChI=1S/C16H12ClF2NO3/c1-9(23-16(22)10-2-4-11(18)5-3-10)15(21)20-14-7-6-12(19)8-13(14)17/h2-9H,1H3,(H,20,21)/t9-/m0/s1. The van der Waals surface area contributed by atoms with E-state index in [1.165, 1.54) is 25.1 Å². The average Bonchev–Trinajstić information content (AvgIpc) is 2.50. The van der Waals surface area contributed by atoms with Crippen LogP contribution in [0.4, 0.5) is 14.5 Å². The SMILES string of the molecule is C[C@H](OC(=O)c1ccc(F)cc1)C(=O)Nc1ccc(F)cc1Cl. The van der Waals surface area contributed by atoms with E-state index in [1.807, 2.05) is 0 Å². The fraction of sp³-hybridized carbons (Fsp3) is 0.125. The fourth-order valence-corrected chi connectivity index (χ4v) is 1.91. The second-order valence-corrected chi connectivity index (χ2v) is 5.08. The van der Waals surface area contributed by atoms with Gasteiger partial charge in [-0.1, -0.05) is 11.6 Å². The molecule has 23 heavy (non-hydrogen) atoms. The molecular weight excluding hydrogens is 328 g/mol. The number of nitrogens with one attached hydrogen (secondary N) is 1. The molecule has 0 aliphatic carbocycles. The van der Waals surface area contributed by atoms with Crippen LogP contribution >= 0.6 is 11.6 Å². The summed E-state index contributed by atoms with van der Waals surface area (Å²) in [5.74, 6) is -2.42. The topological polar surface area (TPSA) is 55.4 Å². The number of esters is 1. The normalized spacial score (nSPS) is 11.7. The largest absolute Gasteiger partial charge is 0.449 e. The minimum atomic E-state index is -1.12. The summed E-state index contributed by atoms with van der Waals surface area (Å²) >= 11 is 5.80. The Balaban J connectivity index is 1.99. The minimum Gasteiger partial charge on any atom is -0.449 e. The van der Waals surface area contributed by atoms with E-state index in [0.29, 0.717) is 0 Å². The van der Waals surface area contributed by atoms with E-state index in [1.54, 1.807) is 0 Å². The Morgan fingerprint density at radius 1 is 1.09 bits per heavy atom. The highest BCUT2D eigenvalue weighted by Crippen LogP contribution is 2.22. The molecule has 0 aliphatic heterocycles. The van der Waals surface area contributed by atoms with Crippen molar-refractivity contribution in [2.45, 2.75) is 13.0 Å². The van der Waals surface area contributed by atoms with Gasteiger partial charge in [0.15, 0.2) is 6.10 Å². The summed E-state index contributed by atoms with van der Waals surface area (Å²) in [7, 11) is 0. The summed E-state index contributed by atoms with van der Waals surface area (Å²) in [6, 6.07) is 8.20. The maximum absolute atomic E-state index is 12.9. The highest BCUT2D eigenvalue weighted by Gasteiger charge is 2.20. The van der Waals surface area contributed by atoms with Gasteiger partial charge in [-0.15, -0.1) is 0 Å². The fourth-order valence-electron chi connectivity index (χ4n) is 1.69. The average molecular weight is 340 g/mol. The van der Waals surface area contributed by atoms with Crippen LogP contribution in [0.3, 0.4) is 0 Å². The van der Waals surface area contributed by atoms with Crippen LogP contribution in [-0.4, -0.2) is 18.0 Å². The van der Waals surface area contributed by atoms with E-state index in [9.17, 15) is 18.4 Å². The smallest absolute Gasteiger partial charge is 0.338 e. The van der Waals surface area contributed by atoms with Crippen LogP contribution in [-0.2, 0) is 9.53 Å². The van der Waals surface area contributed by atoms with Crippen molar-refractivity contribution in [3.05, 3.63) is 64.7 Å². The number of hydrogen-bond acceptors (Lipinski definition) is 3. The van der Waals surface area contributed by atoms with Crippen LogP contribution in [0.25, 0.3) is 0 Å². The molecule has 0 radical (unpaired) electrons. The van der Waals surface area contributed by atoms with Gasteiger partial charge in [0.2, 0.25) is 0 Å². The van der Waals surface area contributed by atoms with Crippen molar-refractivity contribution in [2.24, 2.45) is 0 Å². The van der Waals surface area contributed by atoms with Crippen LogP contribution in [0.1, 0.15) is 17.3 Å². The van der Waals surface area contributed by atoms with Crippen LogP contribution in [0.15, 0.2) is 42.5 Å². The zero-order valence-corrected chi connectivity index (χ0v) is 12.7. The van der Waals surface area contributed by atoms with Gasteiger partial charge in [-0.25, -0.2) is 13.6 Å². The molecule has 0 saturated carbocycles. The highest BCUT2D eigenvalue weighted by atomic mass is 35.5. The minimum absolute atomic E-state index is 0.0235. The lowest BCUT2D eigenvalue weighted by molar-refractivity contribution is -0.123. The van der Waals surface area contributed by atoms with Crippen molar-refractivity contribution in [3.8, 4) is 0 Å². The molecule has 0 aliphatic rings. The van der Waals surface area contributed by atoms with E-state index >= 15 is 0 Å². The molecule has 0 aromatic heterocycles. The molecule has 1 amide bonds. The Labute approximate surface area is 136 Å². The van der Waals surface area contributed by atoms with Crippen LogP contribution in [0, 0.1) is 11.6 Å². The van der Waals surface area contributed by atoms with Crippen molar-refractivity contribution < 1.29 is 23.1 Å². The number of carbonyl (C=O) groups excluding carboxylic acids is 2. The first-order chi connectivity index (χ1) is 10.9. The highest BCUT2D eigenvalue weighted by molar-refractivity contribution is 6.33. The van der Waals surface area contributed by atoms with E-state index in [4.69, 9.17) is 16.3 Å². The first-order valence-corrected chi connectivity index (χ1v) is 6.97. The van der Waals surface area contributed by atoms with Crippen LogP contribution in [0.2, 0.25) is 5.02 Å². The lowest BCUT2D eigenvalue weighted by atomic mass is 10.2. The summed E-state index contributed by atoms with van der Waals surface area (Å²) < 4.78 is 30.7. The lowest BCUT2D eigenvalue weighted by Gasteiger charge is -2.14. The molecule has 0 fully saturated rings. The Kier molecular flexibility index (Phi) is 5.28. The summed E-state index contributed by atoms with van der Waals surface area (Å²) in [5.41, 5.74) is 0.314. The van der Waals surface area contributed by atoms with E-state index in [2.05, 4.69) is 5.32 Å². The predicted octanol–water partition coefficient (Wildman–Crippen LogP) is 3.80. The summed E-state index contributed by atoms with van der Waals surface area (Å²) in [4.78, 5) is 23.8. The Bertz CT molecular complexity index is 735. The number of halogens is 3. The summed E-state index contributed by atoms with van der Waals surface area (Å²) in [6.45, 7) is 1.37. The van der Waals surface area contributed by atoms with E-state index in [-0.39, 0.29) is 16.3 Å². The molecule has 0 bridgehead atoms. The Morgan fingerprint density at radius 3 is 2.30 bits per heavy atom. The van der Waals surface area contributed by atoms with Crippen molar-refractivity contribution in [1.29, 1.82) is 0 Å². The lowest BCUT2D eigenvalue weighted by Crippen LogP contribution is -2.30. The molecule has 0 saturated heterocycles. The molecule has 1 N–H and O–H groups in total. The monoisotopic (exact) mass is 339 g/mol. The second-order valence-electron chi connectivity index (χ2n) is 4.67. The Morgan fingerprint density at radius 2 is 1.70 bits per heavy atom. The van der Waals surface area contributed by atoms with Gasteiger partial charge >= 0.3 is 5.97 Å². The van der Waals surface area contributed by atoms with Gasteiger partial charge in [-0.3, -0.25) is 4.79 Å². The number of ether oxygens (including phenoxy) is 1. The molecule has 7 heteroatoms. The summed E-state index contributed by atoms with van der Waals surface area (Å²) in [5, 5.41) is 2.45. The van der Waals surface area contributed by atoms with Crippen molar-refractivity contribution in [2.75, 3.05) is 5.32 Å². The van der Waals surface area contributed by atoms with Gasteiger partial charge in [-0.05, 0) is 49.4 Å². The quantitative estimate of drug-likeness (QED) is 0.862. The van der Waals surface area contributed by atoms with Gasteiger partial charge in [0.05, 0.1) is 16.3 Å². The third-order valence-electron chi connectivity index (χ3n) is 2.92. The van der Waals surface area contributed by atoms with Gasteiger partial charge in [-0.2, -0.15) is 0 Å². The maximum Gasteiger partial charge on any atom is 0.338 e. The second kappa shape index (κ2) is 7.19. The van der Waals surface area contributed by atoms with E-state index < -0.39 is 29.6 Å². The molecule has 4 nitrogen and oxygen atoms in total. The number of amides is 1. The van der Waals surface area contributed by atoms with Gasteiger partial charge in [0.25, 0.3) is 5.91 Å². The van der Waals surface area contributed by atoms with Gasteiger partial charge in [0, 0.05) is 0 Å². The van der Waals surface area contributed by atoms with Crippen molar-refractivity contribution in [3.63, 3.8) is 0 Å².